The minimum atomic E-state index is 0. The number of rotatable bonds is 13. The standard InChI is InChI=1S/C10H21N3.C6H17N3.2CH4.V/c11-5-3-6-12-7-4-10-13-8-1-2-9-13;7-3-1-5-9-6-2-4-8;;;/h1-2,12H,3-11H2;9H,1-8H2;2*1H4;. The summed E-state index contributed by atoms with van der Waals surface area (Å²) in [5.74, 6) is 0. The predicted molar refractivity (Wildman–Crippen MR) is 110 cm³/mol. The molecule has 7 heteroatoms. The van der Waals surface area contributed by atoms with E-state index in [-0.39, 0.29) is 33.4 Å². The number of hydrogen-bond acceptors (Lipinski definition) is 6. The van der Waals surface area contributed by atoms with Gasteiger partial charge in [0.1, 0.15) is 0 Å². The Balaban J connectivity index is -0.000000166. The van der Waals surface area contributed by atoms with Crippen molar-refractivity contribution >= 4 is 0 Å². The van der Waals surface area contributed by atoms with Gasteiger partial charge < -0.3 is 27.8 Å². The monoisotopic (exact) mass is 397 g/mol. The molecule has 0 fully saturated rings. The summed E-state index contributed by atoms with van der Waals surface area (Å²) in [4.78, 5) is 2.45. The molecule has 0 aromatic rings. The maximum absolute atomic E-state index is 5.39. The Morgan fingerprint density at radius 3 is 1.40 bits per heavy atom. The molecule has 0 aliphatic carbocycles. The van der Waals surface area contributed by atoms with Crippen molar-refractivity contribution < 1.29 is 18.6 Å². The molecular formula is C18H46N6V. The Morgan fingerprint density at radius 2 is 1.04 bits per heavy atom. The van der Waals surface area contributed by atoms with Crippen LogP contribution in [0.5, 0.6) is 0 Å². The molecule has 0 aromatic heterocycles. The van der Waals surface area contributed by atoms with E-state index in [0.717, 1.165) is 78.2 Å². The van der Waals surface area contributed by atoms with E-state index in [0.29, 0.717) is 0 Å². The first-order valence-electron chi connectivity index (χ1n) is 8.74. The minimum absolute atomic E-state index is 0. The predicted octanol–water partition coefficient (Wildman–Crippen LogP) is 0.730. The summed E-state index contributed by atoms with van der Waals surface area (Å²) in [6.45, 7) is 10.1. The first kappa shape index (κ1) is 32.7. The average Bonchev–Trinajstić information content (AvgIpc) is 3.05. The van der Waals surface area contributed by atoms with Gasteiger partial charge in [0.2, 0.25) is 0 Å². The summed E-state index contributed by atoms with van der Waals surface area (Å²) in [5, 5.41) is 6.61. The van der Waals surface area contributed by atoms with Crippen LogP contribution in [0.3, 0.4) is 0 Å². The fraction of sp³-hybridized carbons (Fsp3) is 0.889. The zero-order valence-corrected chi connectivity index (χ0v) is 16.1. The van der Waals surface area contributed by atoms with Crippen LogP contribution in [-0.4, -0.2) is 70.3 Å². The van der Waals surface area contributed by atoms with Crippen LogP contribution < -0.4 is 27.8 Å². The van der Waals surface area contributed by atoms with Crippen molar-refractivity contribution in [2.24, 2.45) is 17.2 Å². The minimum Gasteiger partial charge on any atom is -0.330 e. The molecule has 0 unspecified atom stereocenters. The van der Waals surface area contributed by atoms with Gasteiger partial charge in [-0.15, -0.1) is 0 Å². The molecule has 0 saturated heterocycles. The van der Waals surface area contributed by atoms with Gasteiger partial charge in [-0.25, -0.2) is 0 Å². The van der Waals surface area contributed by atoms with Crippen LogP contribution in [0.15, 0.2) is 12.2 Å². The molecule has 0 saturated carbocycles. The largest absolute Gasteiger partial charge is 0.330 e. The van der Waals surface area contributed by atoms with Crippen LogP contribution in [0.1, 0.15) is 40.5 Å². The van der Waals surface area contributed by atoms with Crippen molar-refractivity contribution in [2.75, 3.05) is 65.4 Å². The Hall–Kier alpha value is 0.0844. The molecule has 0 aromatic carbocycles. The van der Waals surface area contributed by atoms with E-state index in [1.165, 1.54) is 13.0 Å². The van der Waals surface area contributed by atoms with E-state index in [9.17, 15) is 0 Å². The number of nitrogens with one attached hydrogen (secondary N) is 2. The summed E-state index contributed by atoms with van der Waals surface area (Å²) in [7, 11) is 0. The van der Waals surface area contributed by atoms with Crippen molar-refractivity contribution in [3.05, 3.63) is 12.2 Å². The van der Waals surface area contributed by atoms with Crippen molar-refractivity contribution in [1.82, 2.24) is 15.5 Å². The smallest absolute Gasteiger partial charge is 0.0166 e. The molecule has 6 nitrogen and oxygen atoms in total. The van der Waals surface area contributed by atoms with Gasteiger partial charge in [-0.1, -0.05) is 27.0 Å². The quantitative estimate of drug-likeness (QED) is 0.232. The van der Waals surface area contributed by atoms with Crippen LogP contribution in [-0.2, 0) is 18.6 Å². The molecule has 8 N–H and O–H groups in total. The third-order valence-corrected chi connectivity index (χ3v) is 3.39. The molecule has 0 bridgehead atoms. The first-order chi connectivity index (χ1) is 10.8. The van der Waals surface area contributed by atoms with Crippen LogP contribution in [0.25, 0.3) is 0 Å². The van der Waals surface area contributed by atoms with E-state index >= 15 is 0 Å². The molecule has 0 amide bonds. The van der Waals surface area contributed by atoms with Crippen LogP contribution >= 0.6 is 0 Å². The molecule has 1 radical (unpaired) electrons. The van der Waals surface area contributed by atoms with E-state index in [1.807, 2.05) is 0 Å². The Labute approximate surface area is 169 Å². The summed E-state index contributed by atoms with van der Waals surface area (Å²) >= 11 is 0. The molecule has 1 aliphatic rings. The second-order valence-electron chi connectivity index (χ2n) is 5.51. The maximum atomic E-state index is 5.39. The Morgan fingerprint density at radius 1 is 0.680 bits per heavy atom. The number of nitrogens with two attached hydrogens (primary N) is 3. The SMILES string of the molecule is C.C.NCCCNCCCN.NCCCNCCCN1CC=CC1.[V]. The van der Waals surface area contributed by atoms with Gasteiger partial charge in [0.25, 0.3) is 0 Å². The maximum Gasteiger partial charge on any atom is 0.0166 e. The first-order valence-corrected chi connectivity index (χ1v) is 8.74. The second kappa shape index (κ2) is 28.9. The van der Waals surface area contributed by atoms with Crippen LogP contribution in [0.4, 0.5) is 0 Å². The van der Waals surface area contributed by atoms with Gasteiger partial charge in [-0.2, -0.15) is 0 Å². The average molecular weight is 398 g/mol. The Kier molecular flexibility index (Phi) is 37.8. The van der Waals surface area contributed by atoms with Gasteiger partial charge in [0, 0.05) is 31.6 Å². The Bertz CT molecular complexity index is 228. The van der Waals surface area contributed by atoms with E-state index < -0.39 is 0 Å². The van der Waals surface area contributed by atoms with Crippen LogP contribution in [0.2, 0.25) is 0 Å². The van der Waals surface area contributed by atoms with Gasteiger partial charge in [0.15, 0.2) is 0 Å². The van der Waals surface area contributed by atoms with E-state index in [4.69, 9.17) is 17.2 Å². The van der Waals surface area contributed by atoms with Gasteiger partial charge in [0.05, 0.1) is 0 Å². The summed E-state index contributed by atoms with van der Waals surface area (Å²) in [6, 6.07) is 0. The topological polar surface area (TPSA) is 105 Å². The molecule has 1 heterocycles. The zero-order chi connectivity index (χ0) is 16.3. The molecule has 1 aliphatic heterocycles. The molecule has 153 valence electrons. The fourth-order valence-corrected chi connectivity index (χ4v) is 2.06. The third-order valence-electron chi connectivity index (χ3n) is 3.39. The van der Waals surface area contributed by atoms with E-state index in [1.54, 1.807) is 0 Å². The summed E-state index contributed by atoms with van der Waals surface area (Å²) in [5.41, 5.74) is 15.9. The van der Waals surface area contributed by atoms with Crippen LogP contribution in [0, 0.1) is 0 Å². The molecule has 1 rings (SSSR count). The van der Waals surface area contributed by atoms with Crippen molar-refractivity contribution in [2.45, 2.75) is 40.5 Å². The number of hydrogen-bond donors (Lipinski definition) is 5. The van der Waals surface area contributed by atoms with Crippen molar-refractivity contribution in [1.29, 1.82) is 0 Å². The molecule has 25 heavy (non-hydrogen) atoms. The van der Waals surface area contributed by atoms with Gasteiger partial charge >= 0.3 is 0 Å². The summed E-state index contributed by atoms with van der Waals surface area (Å²) in [6.07, 6.45) is 8.93. The third kappa shape index (κ3) is 26.4. The molecule has 0 spiro atoms. The second-order valence-corrected chi connectivity index (χ2v) is 5.51. The van der Waals surface area contributed by atoms with Crippen molar-refractivity contribution in [3.8, 4) is 0 Å². The fourth-order valence-electron chi connectivity index (χ4n) is 2.06. The van der Waals surface area contributed by atoms with E-state index in [2.05, 4.69) is 27.7 Å². The normalized spacial score (nSPS) is 12.4. The number of nitrogens with zero attached hydrogens (tertiary/aromatic N) is 1. The molecular weight excluding hydrogens is 351 g/mol. The van der Waals surface area contributed by atoms with Crippen molar-refractivity contribution in [3.63, 3.8) is 0 Å². The van der Waals surface area contributed by atoms with Gasteiger partial charge in [-0.3, -0.25) is 4.90 Å². The molecule has 0 atom stereocenters. The zero-order valence-electron chi connectivity index (χ0n) is 14.7. The summed E-state index contributed by atoms with van der Waals surface area (Å²) < 4.78 is 0. The van der Waals surface area contributed by atoms with Gasteiger partial charge in [-0.05, 0) is 78.0 Å².